The smallest absolute Gasteiger partial charge is 0.451 e. The monoisotopic (exact) mass is 334 g/mol. The molecule has 2 fully saturated rings. The Balaban J connectivity index is 1.95. The van der Waals surface area contributed by atoms with Crippen LogP contribution in [0.15, 0.2) is 0 Å². The summed E-state index contributed by atoms with van der Waals surface area (Å²) in [6, 6.07) is -0.00285. The second-order valence-electron chi connectivity index (χ2n) is 6.15. The number of aliphatic carboxylic acids is 1. The van der Waals surface area contributed by atoms with E-state index < -0.39 is 35.7 Å². The molecule has 126 valence electrons. The molecule has 5 atom stereocenters. The van der Waals surface area contributed by atoms with Gasteiger partial charge in [-0.1, -0.05) is 6.42 Å². The van der Waals surface area contributed by atoms with Crippen LogP contribution in [-0.4, -0.2) is 67.5 Å². The minimum atomic E-state index is -1.52. The predicted molar refractivity (Wildman–Crippen MR) is 81.5 cm³/mol. The van der Waals surface area contributed by atoms with Crippen molar-refractivity contribution in [1.82, 2.24) is 9.03 Å². The van der Waals surface area contributed by atoms with Crippen LogP contribution in [-0.2, 0) is 16.0 Å². The molecule has 0 aromatic heterocycles. The van der Waals surface area contributed by atoms with E-state index in [2.05, 4.69) is 4.72 Å². The zero-order chi connectivity index (χ0) is 16.5. The van der Waals surface area contributed by atoms with Gasteiger partial charge in [0, 0.05) is 31.1 Å². The number of nitrogens with one attached hydrogen (secondary N) is 1. The first-order chi connectivity index (χ1) is 10.2. The van der Waals surface area contributed by atoms with Gasteiger partial charge < -0.3 is 26.6 Å². The molecule has 0 amide bonds. The second kappa shape index (κ2) is 6.91. The van der Waals surface area contributed by atoms with Crippen LogP contribution in [0.5, 0.6) is 0 Å². The first kappa shape index (κ1) is 17.8. The molecule has 0 aromatic carbocycles. The highest BCUT2D eigenvalue weighted by molar-refractivity contribution is 7.80. The summed E-state index contributed by atoms with van der Waals surface area (Å²) >= 11 is -1.52. The first-order valence-corrected chi connectivity index (χ1v) is 8.41. The molecule has 1 saturated carbocycles. The average molecular weight is 334 g/mol. The molecule has 0 spiro atoms. The summed E-state index contributed by atoms with van der Waals surface area (Å²) in [7, 11) is -1.42. The Labute approximate surface area is 131 Å². The van der Waals surface area contributed by atoms with Gasteiger partial charge in [0.1, 0.15) is 5.54 Å². The van der Waals surface area contributed by atoms with Gasteiger partial charge in [-0.3, -0.25) is 4.79 Å². The quantitative estimate of drug-likeness (QED) is 0.262. The normalized spacial score (nSPS) is 36.3. The summed E-state index contributed by atoms with van der Waals surface area (Å²) in [6.07, 6.45) is 1.78. The van der Waals surface area contributed by atoms with Crippen LogP contribution >= 0.6 is 0 Å². The van der Waals surface area contributed by atoms with Crippen molar-refractivity contribution in [2.45, 2.75) is 43.2 Å². The first-order valence-electron chi connectivity index (χ1n) is 7.31. The van der Waals surface area contributed by atoms with Crippen molar-refractivity contribution in [2.75, 3.05) is 13.1 Å². The molecule has 1 aliphatic carbocycles. The summed E-state index contributed by atoms with van der Waals surface area (Å²) < 4.78 is 16.6. The van der Waals surface area contributed by atoms with E-state index in [1.54, 1.807) is 0 Å². The Morgan fingerprint density at radius 1 is 1.50 bits per heavy atom. The SMILES string of the molecule is NC1CC1NS(=O)N1C[C@H](CCCB(O)O)[C@](N)(C(=O)O)C1. The molecule has 1 aliphatic heterocycles. The third-order valence-electron chi connectivity index (χ3n) is 4.33. The van der Waals surface area contributed by atoms with Gasteiger partial charge in [0.25, 0.3) is 0 Å². The van der Waals surface area contributed by atoms with Crippen molar-refractivity contribution in [3.05, 3.63) is 0 Å². The van der Waals surface area contributed by atoms with Crippen LogP contribution in [0.25, 0.3) is 0 Å². The van der Waals surface area contributed by atoms with Crippen LogP contribution in [0.3, 0.4) is 0 Å². The number of nitrogens with two attached hydrogens (primary N) is 2. The van der Waals surface area contributed by atoms with Crippen LogP contribution < -0.4 is 16.2 Å². The van der Waals surface area contributed by atoms with Crippen LogP contribution in [0.4, 0.5) is 0 Å². The number of carboxylic acids is 1. The lowest BCUT2D eigenvalue weighted by Gasteiger charge is -2.25. The van der Waals surface area contributed by atoms with Crippen molar-refractivity contribution < 1.29 is 24.2 Å². The highest BCUT2D eigenvalue weighted by atomic mass is 32.2. The van der Waals surface area contributed by atoms with E-state index in [1.165, 1.54) is 4.31 Å². The molecule has 0 aromatic rings. The summed E-state index contributed by atoms with van der Waals surface area (Å²) in [5, 5.41) is 27.1. The third kappa shape index (κ3) is 4.04. The Morgan fingerprint density at radius 3 is 2.64 bits per heavy atom. The predicted octanol–water partition coefficient (Wildman–Crippen LogP) is -2.78. The highest BCUT2D eigenvalue weighted by Crippen LogP contribution is 2.31. The van der Waals surface area contributed by atoms with Gasteiger partial charge in [-0.25, -0.2) is 13.2 Å². The second-order valence-corrected chi connectivity index (χ2v) is 7.40. The van der Waals surface area contributed by atoms with Crippen molar-refractivity contribution >= 4 is 24.3 Å². The zero-order valence-corrected chi connectivity index (χ0v) is 13.0. The molecular formula is C11H23BN4O5S. The van der Waals surface area contributed by atoms with E-state index in [9.17, 15) is 14.1 Å². The summed E-state index contributed by atoms with van der Waals surface area (Å²) in [4.78, 5) is 11.5. The van der Waals surface area contributed by atoms with Crippen molar-refractivity contribution in [1.29, 1.82) is 0 Å². The summed E-state index contributed by atoms with van der Waals surface area (Å²) in [5.41, 5.74) is 10.2. The molecule has 0 bridgehead atoms. The van der Waals surface area contributed by atoms with Crippen molar-refractivity contribution in [3.8, 4) is 0 Å². The molecule has 3 unspecified atom stereocenters. The van der Waals surface area contributed by atoms with Gasteiger partial charge in [0.2, 0.25) is 0 Å². The summed E-state index contributed by atoms with van der Waals surface area (Å²) in [6.45, 7) is 0.266. The fourth-order valence-electron chi connectivity index (χ4n) is 2.71. The Morgan fingerprint density at radius 2 is 2.14 bits per heavy atom. The van der Waals surface area contributed by atoms with E-state index in [0.717, 1.165) is 6.42 Å². The van der Waals surface area contributed by atoms with Gasteiger partial charge >= 0.3 is 13.1 Å². The maximum Gasteiger partial charge on any atom is 0.451 e. The summed E-state index contributed by atoms with van der Waals surface area (Å²) in [5.74, 6) is -1.54. The van der Waals surface area contributed by atoms with Gasteiger partial charge in [-0.15, -0.1) is 0 Å². The fourth-order valence-corrected chi connectivity index (χ4v) is 4.04. The number of rotatable bonds is 8. The van der Waals surface area contributed by atoms with E-state index in [-0.39, 0.29) is 31.5 Å². The molecule has 1 heterocycles. The van der Waals surface area contributed by atoms with Gasteiger partial charge in [-0.2, -0.15) is 0 Å². The van der Waals surface area contributed by atoms with Gasteiger partial charge in [-0.05, 0) is 19.2 Å². The zero-order valence-electron chi connectivity index (χ0n) is 12.2. The molecule has 1 saturated heterocycles. The third-order valence-corrected chi connectivity index (χ3v) is 5.58. The maximum absolute atomic E-state index is 12.2. The molecule has 0 radical (unpaired) electrons. The lowest BCUT2D eigenvalue weighted by atomic mass is 9.78. The number of carboxylic acid groups (broad SMARTS) is 1. The Hall–Kier alpha value is -0.555. The topological polar surface area (TPSA) is 162 Å². The molecule has 22 heavy (non-hydrogen) atoms. The molecule has 8 N–H and O–H groups in total. The standard InChI is InChI=1S/C11H23BN4O5S/c13-8-4-9(8)15-22(21)16-5-7(2-1-3-12(19)20)11(14,6-16)10(17)18/h7-9,15,19-20H,1-6,13-14H2,(H,17,18)/t7-,8?,9?,11-,22?/m0/s1. The van der Waals surface area contributed by atoms with E-state index in [4.69, 9.17) is 21.5 Å². The van der Waals surface area contributed by atoms with Crippen LogP contribution in [0.2, 0.25) is 6.32 Å². The Bertz CT molecular complexity index is 456. The molecule has 9 nitrogen and oxygen atoms in total. The Kier molecular flexibility index (Phi) is 5.59. The molecular weight excluding hydrogens is 311 g/mol. The number of carbonyl (C=O) groups is 1. The number of nitrogens with zero attached hydrogens (tertiary/aromatic N) is 1. The average Bonchev–Trinajstić information content (AvgIpc) is 2.98. The van der Waals surface area contributed by atoms with Crippen LogP contribution in [0.1, 0.15) is 19.3 Å². The molecule has 11 heteroatoms. The maximum atomic E-state index is 12.2. The lowest BCUT2D eigenvalue weighted by molar-refractivity contribution is -0.144. The molecule has 2 rings (SSSR count). The highest BCUT2D eigenvalue weighted by Gasteiger charge is 2.51. The minimum Gasteiger partial charge on any atom is -0.480 e. The van der Waals surface area contributed by atoms with Gasteiger partial charge in [0.05, 0.1) is 0 Å². The number of hydrogen-bond donors (Lipinski definition) is 6. The fraction of sp³-hybridized carbons (Fsp3) is 0.909. The van der Waals surface area contributed by atoms with Gasteiger partial charge in [0.15, 0.2) is 11.2 Å². The van der Waals surface area contributed by atoms with Crippen molar-refractivity contribution in [2.24, 2.45) is 17.4 Å². The van der Waals surface area contributed by atoms with Crippen molar-refractivity contribution in [3.63, 3.8) is 0 Å². The van der Waals surface area contributed by atoms with Crippen LogP contribution in [0, 0.1) is 5.92 Å². The largest absolute Gasteiger partial charge is 0.480 e. The molecule has 2 aliphatic rings. The lowest BCUT2D eigenvalue weighted by Crippen LogP contribution is -2.55. The minimum absolute atomic E-state index is 0.00132. The number of hydrogen-bond acceptors (Lipinski definition) is 6. The van der Waals surface area contributed by atoms with E-state index >= 15 is 0 Å². The van der Waals surface area contributed by atoms with E-state index in [1.807, 2.05) is 0 Å². The van der Waals surface area contributed by atoms with E-state index in [0.29, 0.717) is 12.8 Å².